The molecule has 6 aromatic carbocycles. The van der Waals surface area contributed by atoms with Crippen LogP contribution < -0.4 is 30.7 Å². The fourth-order valence-electron chi connectivity index (χ4n) is 6.79. The van der Waals surface area contributed by atoms with E-state index in [9.17, 15) is 35.9 Å². The molecule has 2 amide bonds. The molecular formula is C47H46F6N4O4. The van der Waals surface area contributed by atoms with E-state index in [1.165, 1.54) is 24.3 Å². The Morgan fingerprint density at radius 3 is 1.23 bits per heavy atom. The molecule has 0 aromatic heterocycles. The van der Waals surface area contributed by atoms with Crippen LogP contribution in [0.2, 0.25) is 0 Å². The summed E-state index contributed by atoms with van der Waals surface area (Å²) in [7, 11) is 0. The van der Waals surface area contributed by atoms with Crippen molar-refractivity contribution in [2.24, 2.45) is 11.8 Å². The summed E-state index contributed by atoms with van der Waals surface area (Å²) in [6, 6.07) is 30.7. The lowest BCUT2D eigenvalue weighted by Gasteiger charge is -2.33. The number of fused-ring (bicyclic) bond motifs is 2. The van der Waals surface area contributed by atoms with E-state index in [0.29, 0.717) is 46.0 Å². The highest BCUT2D eigenvalue weighted by atomic mass is 19.4. The van der Waals surface area contributed by atoms with Gasteiger partial charge in [0.1, 0.15) is 23.0 Å². The molecule has 0 radical (unpaired) electrons. The molecule has 0 bridgehead atoms. The monoisotopic (exact) mass is 844 g/mol. The largest absolute Gasteiger partial charge is 0.457 e. The smallest absolute Gasteiger partial charge is 0.416 e. The zero-order chi connectivity index (χ0) is 42.6. The standard InChI is InChI=1S/2C23H21F3N2O2.CH4/c2*1-14(17-12-27-13-17)28-22(29)16-5-10-20-15(11-16)3-2-4-21(20)30-19-8-6-18(7-9-19)23(24,25)26;/h2*2-11,14,17,27H,12-13H2,1H3,(H,28,29);1H4/t2*14-;/m10./s1. The molecule has 2 heterocycles. The Bertz CT molecular complexity index is 2290. The van der Waals surface area contributed by atoms with Gasteiger partial charge < -0.3 is 30.7 Å². The topological polar surface area (TPSA) is 101 Å². The summed E-state index contributed by atoms with van der Waals surface area (Å²) >= 11 is 0. The Morgan fingerprint density at radius 2 is 0.918 bits per heavy atom. The molecule has 14 heteroatoms. The molecule has 2 aliphatic heterocycles. The van der Waals surface area contributed by atoms with Gasteiger partial charge in [0.15, 0.2) is 0 Å². The average Bonchev–Trinajstić information content (AvgIpc) is 3.16. The first-order valence-electron chi connectivity index (χ1n) is 19.4. The van der Waals surface area contributed by atoms with Crippen molar-refractivity contribution in [3.63, 3.8) is 0 Å². The van der Waals surface area contributed by atoms with Gasteiger partial charge in [-0.2, -0.15) is 26.3 Å². The molecule has 2 fully saturated rings. The molecule has 320 valence electrons. The highest BCUT2D eigenvalue weighted by Crippen LogP contribution is 2.36. The van der Waals surface area contributed by atoms with E-state index in [0.717, 1.165) is 72.0 Å². The molecule has 0 saturated carbocycles. The number of rotatable bonds is 10. The van der Waals surface area contributed by atoms with Crippen LogP contribution in [0.4, 0.5) is 26.3 Å². The number of carbonyl (C=O) groups is 2. The molecular weight excluding hydrogens is 799 g/mol. The van der Waals surface area contributed by atoms with E-state index < -0.39 is 23.5 Å². The minimum absolute atomic E-state index is 0. The van der Waals surface area contributed by atoms with Gasteiger partial charge >= 0.3 is 12.4 Å². The van der Waals surface area contributed by atoms with Crippen molar-refractivity contribution in [3.05, 3.63) is 144 Å². The van der Waals surface area contributed by atoms with Crippen LogP contribution in [0.3, 0.4) is 0 Å². The van der Waals surface area contributed by atoms with Crippen LogP contribution in [-0.2, 0) is 12.4 Å². The third-order valence-corrected chi connectivity index (χ3v) is 10.8. The number of halogens is 6. The third kappa shape index (κ3) is 10.8. The van der Waals surface area contributed by atoms with Crippen LogP contribution in [0.15, 0.2) is 121 Å². The first kappa shape index (κ1) is 44.4. The number of hydrogen-bond acceptors (Lipinski definition) is 6. The molecule has 4 N–H and O–H groups in total. The second kappa shape index (κ2) is 18.7. The quantitative estimate of drug-likeness (QED) is 0.103. The number of carbonyl (C=O) groups excluding carboxylic acids is 2. The van der Waals surface area contributed by atoms with E-state index in [4.69, 9.17) is 9.47 Å². The van der Waals surface area contributed by atoms with Gasteiger partial charge in [0.2, 0.25) is 0 Å². The van der Waals surface area contributed by atoms with E-state index in [1.807, 2.05) is 26.0 Å². The SMILES string of the molecule is C.C[C@@H](NC(=O)c1ccc2c(Oc3ccc(C(F)(F)F)cc3)cccc2c1)C1CNC1.C[C@H](NC(=O)c1ccc2c(Oc3ccc(C(F)(F)F)cc3)cccc2c1)C1CNC1. The van der Waals surface area contributed by atoms with Crippen molar-refractivity contribution < 1.29 is 45.4 Å². The number of ether oxygens (including phenoxy) is 2. The van der Waals surface area contributed by atoms with Crippen molar-refractivity contribution in [1.82, 2.24) is 21.3 Å². The first-order valence-corrected chi connectivity index (χ1v) is 19.4. The summed E-state index contributed by atoms with van der Waals surface area (Å²) in [5.41, 5.74) is -0.354. The van der Waals surface area contributed by atoms with E-state index >= 15 is 0 Å². The van der Waals surface area contributed by atoms with E-state index in [2.05, 4.69) is 21.3 Å². The molecule has 6 aromatic rings. The van der Waals surface area contributed by atoms with Gasteiger partial charge in [0, 0.05) is 72.0 Å². The summed E-state index contributed by atoms with van der Waals surface area (Å²) in [4.78, 5) is 25.2. The van der Waals surface area contributed by atoms with Crippen molar-refractivity contribution in [1.29, 1.82) is 0 Å². The summed E-state index contributed by atoms with van der Waals surface area (Å²) < 4.78 is 88.0. The van der Waals surface area contributed by atoms with Crippen LogP contribution in [0.5, 0.6) is 23.0 Å². The Kier molecular flexibility index (Phi) is 13.6. The summed E-state index contributed by atoms with van der Waals surface area (Å²) in [6.07, 6.45) is -8.77. The number of benzene rings is 6. The lowest BCUT2D eigenvalue weighted by atomic mass is 9.95. The zero-order valence-electron chi connectivity index (χ0n) is 32.6. The normalized spacial score (nSPS) is 15.2. The van der Waals surface area contributed by atoms with Gasteiger partial charge in [-0.05, 0) is 122 Å². The molecule has 8 rings (SSSR count). The average molecular weight is 845 g/mol. The molecule has 0 aliphatic carbocycles. The van der Waals surface area contributed by atoms with Crippen LogP contribution >= 0.6 is 0 Å². The summed E-state index contributed by atoms with van der Waals surface area (Å²) in [5, 5.41) is 15.6. The van der Waals surface area contributed by atoms with Crippen molar-refractivity contribution in [2.75, 3.05) is 26.2 Å². The minimum atomic E-state index is -4.39. The van der Waals surface area contributed by atoms with Crippen molar-refractivity contribution in [3.8, 4) is 23.0 Å². The molecule has 2 atom stereocenters. The van der Waals surface area contributed by atoms with Gasteiger partial charge in [-0.3, -0.25) is 9.59 Å². The number of amides is 2. The lowest BCUT2D eigenvalue weighted by Crippen LogP contribution is -2.53. The Labute approximate surface area is 349 Å². The highest BCUT2D eigenvalue weighted by molar-refractivity contribution is 6.01. The van der Waals surface area contributed by atoms with Crippen molar-refractivity contribution >= 4 is 33.4 Å². The maximum Gasteiger partial charge on any atom is 0.416 e. The van der Waals surface area contributed by atoms with Crippen molar-refractivity contribution in [2.45, 2.75) is 45.7 Å². The lowest BCUT2D eigenvalue weighted by molar-refractivity contribution is -0.138. The minimum Gasteiger partial charge on any atom is -0.457 e. The molecule has 2 saturated heterocycles. The fraction of sp³-hybridized carbons (Fsp3) is 0.277. The molecule has 61 heavy (non-hydrogen) atoms. The van der Waals surface area contributed by atoms with Crippen LogP contribution in [0.25, 0.3) is 21.5 Å². The number of alkyl halides is 6. The van der Waals surface area contributed by atoms with E-state index in [1.54, 1.807) is 60.7 Å². The second-order valence-corrected chi connectivity index (χ2v) is 15.0. The molecule has 2 aliphatic rings. The van der Waals surface area contributed by atoms with Gasteiger partial charge in [-0.25, -0.2) is 0 Å². The van der Waals surface area contributed by atoms with E-state index in [-0.39, 0.29) is 31.3 Å². The number of nitrogens with one attached hydrogen (secondary N) is 4. The highest BCUT2D eigenvalue weighted by Gasteiger charge is 2.31. The maximum absolute atomic E-state index is 12.7. The van der Waals surface area contributed by atoms with Gasteiger partial charge in [-0.15, -0.1) is 0 Å². The molecule has 0 unspecified atom stereocenters. The Morgan fingerprint density at radius 1 is 0.557 bits per heavy atom. The second-order valence-electron chi connectivity index (χ2n) is 15.0. The zero-order valence-corrected chi connectivity index (χ0v) is 32.6. The predicted octanol–water partition coefficient (Wildman–Crippen LogP) is 10.6. The summed E-state index contributed by atoms with van der Waals surface area (Å²) in [5.74, 6) is 2.24. The van der Waals surface area contributed by atoms with Crippen LogP contribution in [0.1, 0.15) is 53.1 Å². The van der Waals surface area contributed by atoms with Gasteiger partial charge in [-0.1, -0.05) is 31.7 Å². The van der Waals surface area contributed by atoms with Crippen LogP contribution in [0, 0.1) is 11.8 Å². The first-order chi connectivity index (χ1) is 28.6. The third-order valence-electron chi connectivity index (χ3n) is 10.8. The summed E-state index contributed by atoms with van der Waals surface area (Å²) in [6.45, 7) is 7.63. The number of hydrogen-bond donors (Lipinski definition) is 4. The Hall–Kier alpha value is -6.12. The molecule has 0 spiro atoms. The van der Waals surface area contributed by atoms with Crippen LogP contribution in [-0.4, -0.2) is 50.1 Å². The molecule has 8 nitrogen and oxygen atoms in total. The van der Waals surface area contributed by atoms with Gasteiger partial charge in [0.25, 0.3) is 11.8 Å². The fourth-order valence-corrected chi connectivity index (χ4v) is 6.79. The maximum atomic E-state index is 12.7. The predicted molar refractivity (Wildman–Crippen MR) is 224 cm³/mol. The Balaban J connectivity index is 0.000000201. The van der Waals surface area contributed by atoms with Gasteiger partial charge in [0.05, 0.1) is 11.1 Å².